The maximum absolute atomic E-state index is 13.8. The molecule has 0 fully saturated rings. The van der Waals surface area contributed by atoms with Crippen LogP contribution >= 0.6 is 0 Å². The van der Waals surface area contributed by atoms with Crippen molar-refractivity contribution in [2.24, 2.45) is 0 Å². The molecule has 3 nitrogen and oxygen atoms in total. The maximum Gasteiger partial charge on any atom is 0.151 e. The van der Waals surface area contributed by atoms with E-state index in [1.165, 1.54) is 16.8 Å². The summed E-state index contributed by atoms with van der Waals surface area (Å²) in [4.78, 5) is 3.93. The topological polar surface area (TPSA) is 30.7 Å². The van der Waals surface area contributed by atoms with Gasteiger partial charge in [0.05, 0.1) is 11.9 Å². The van der Waals surface area contributed by atoms with E-state index in [4.69, 9.17) is 0 Å². The van der Waals surface area contributed by atoms with Crippen LogP contribution < -0.4 is 0 Å². The van der Waals surface area contributed by atoms with E-state index in [9.17, 15) is 8.78 Å². The van der Waals surface area contributed by atoms with Gasteiger partial charge in [0.2, 0.25) is 0 Å². The van der Waals surface area contributed by atoms with Crippen molar-refractivity contribution in [3.63, 3.8) is 0 Å². The van der Waals surface area contributed by atoms with Gasteiger partial charge in [-0.3, -0.25) is 4.98 Å². The highest BCUT2D eigenvalue weighted by molar-refractivity contribution is 5.61. The molecule has 2 heterocycles. The van der Waals surface area contributed by atoms with Crippen molar-refractivity contribution >= 4 is 0 Å². The van der Waals surface area contributed by atoms with Crippen molar-refractivity contribution in [2.45, 2.75) is 0 Å². The molecule has 94 valence electrons. The Hall–Kier alpha value is -2.56. The lowest BCUT2D eigenvalue weighted by molar-refractivity contribution is 0.574. The summed E-state index contributed by atoms with van der Waals surface area (Å²) in [5.74, 6) is -1.27. The minimum atomic E-state index is -0.654. The molecule has 0 atom stereocenters. The monoisotopic (exact) mass is 257 g/mol. The first kappa shape index (κ1) is 11.5. The van der Waals surface area contributed by atoms with Crippen LogP contribution in [0, 0.1) is 11.6 Å². The summed E-state index contributed by atoms with van der Waals surface area (Å²) in [6.45, 7) is 0. The van der Waals surface area contributed by atoms with Crippen LogP contribution in [0.15, 0.2) is 55.0 Å². The molecule has 0 amide bonds. The second-order valence-corrected chi connectivity index (χ2v) is 3.96. The molecular weight excluding hydrogens is 248 g/mol. The van der Waals surface area contributed by atoms with E-state index in [0.29, 0.717) is 5.69 Å². The molecule has 0 saturated carbocycles. The molecule has 0 unspecified atom stereocenters. The van der Waals surface area contributed by atoms with E-state index in [0.717, 1.165) is 11.6 Å². The lowest BCUT2D eigenvalue weighted by Gasteiger charge is -2.08. The summed E-state index contributed by atoms with van der Waals surface area (Å²) < 4.78 is 28.2. The Morgan fingerprint density at radius 3 is 2.42 bits per heavy atom. The summed E-state index contributed by atoms with van der Waals surface area (Å²) in [6, 6.07) is 8.77. The van der Waals surface area contributed by atoms with Crippen molar-refractivity contribution in [2.75, 3.05) is 0 Å². The van der Waals surface area contributed by atoms with Crippen molar-refractivity contribution in [1.82, 2.24) is 14.8 Å². The molecule has 3 rings (SSSR count). The standard InChI is InChI=1S/C14H9F2N3/c15-11-1-2-14(12(16)9-11)19-13(5-8-18-19)10-3-6-17-7-4-10/h1-9H. The second-order valence-electron chi connectivity index (χ2n) is 3.96. The zero-order chi connectivity index (χ0) is 13.2. The first-order valence-electron chi connectivity index (χ1n) is 5.65. The number of halogens is 2. The lowest BCUT2D eigenvalue weighted by atomic mass is 10.2. The summed E-state index contributed by atoms with van der Waals surface area (Å²) in [5.41, 5.74) is 1.78. The third-order valence-corrected chi connectivity index (χ3v) is 2.76. The number of aromatic nitrogens is 3. The molecular formula is C14H9F2N3. The van der Waals surface area contributed by atoms with Crippen molar-refractivity contribution in [1.29, 1.82) is 0 Å². The number of hydrogen-bond acceptors (Lipinski definition) is 2. The van der Waals surface area contributed by atoms with Gasteiger partial charge in [-0.2, -0.15) is 5.10 Å². The van der Waals surface area contributed by atoms with Gasteiger partial charge < -0.3 is 0 Å². The van der Waals surface area contributed by atoms with Gasteiger partial charge in [0.15, 0.2) is 5.82 Å². The third-order valence-electron chi connectivity index (χ3n) is 2.76. The molecule has 0 aliphatic heterocycles. The predicted molar refractivity (Wildman–Crippen MR) is 66.7 cm³/mol. The first-order chi connectivity index (χ1) is 9.25. The number of rotatable bonds is 2. The summed E-state index contributed by atoms with van der Waals surface area (Å²) in [7, 11) is 0. The van der Waals surface area contributed by atoms with Gasteiger partial charge in [-0.1, -0.05) is 0 Å². The molecule has 5 heteroatoms. The van der Waals surface area contributed by atoms with Crippen LogP contribution in [-0.4, -0.2) is 14.8 Å². The fourth-order valence-electron chi connectivity index (χ4n) is 1.89. The molecule has 0 aliphatic carbocycles. The highest BCUT2D eigenvalue weighted by Gasteiger charge is 2.11. The molecule has 1 aromatic carbocycles. The van der Waals surface area contributed by atoms with Crippen molar-refractivity contribution in [3.05, 3.63) is 66.6 Å². The number of pyridine rings is 1. The molecule has 0 N–H and O–H groups in total. The van der Waals surface area contributed by atoms with Crippen LogP contribution in [0.1, 0.15) is 0 Å². The van der Waals surface area contributed by atoms with Crippen LogP contribution in [0.25, 0.3) is 16.9 Å². The Morgan fingerprint density at radius 1 is 0.895 bits per heavy atom. The highest BCUT2D eigenvalue weighted by Crippen LogP contribution is 2.23. The van der Waals surface area contributed by atoms with Gasteiger partial charge in [0.1, 0.15) is 11.5 Å². The average molecular weight is 257 g/mol. The molecule has 3 aromatic rings. The van der Waals surface area contributed by atoms with Gasteiger partial charge in [0.25, 0.3) is 0 Å². The van der Waals surface area contributed by atoms with Crippen LogP contribution in [0.5, 0.6) is 0 Å². The van der Waals surface area contributed by atoms with Gasteiger partial charge in [0, 0.05) is 24.0 Å². The average Bonchev–Trinajstić information content (AvgIpc) is 2.89. The van der Waals surface area contributed by atoms with Gasteiger partial charge in [-0.25, -0.2) is 13.5 Å². The van der Waals surface area contributed by atoms with E-state index in [1.807, 2.05) is 0 Å². The van der Waals surface area contributed by atoms with E-state index in [2.05, 4.69) is 10.1 Å². The van der Waals surface area contributed by atoms with E-state index >= 15 is 0 Å². The zero-order valence-corrected chi connectivity index (χ0v) is 9.79. The Bertz CT molecular complexity index is 708. The summed E-state index contributed by atoms with van der Waals surface area (Å²) in [5, 5.41) is 4.09. The van der Waals surface area contributed by atoms with Crippen molar-refractivity contribution in [3.8, 4) is 16.9 Å². The lowest BCUT2D eigenvalue weighted by Crippen LogP contribution is -2.02. The largest absolute Gasteiger partial charge is 0.265 e. The van der Waals surface area contributed by atoms with Crippen LogP contribution in [0.4, 0.5) is 8.78 Å². The molecule has 0 aliphatic rings. The highest BCUT2D eigenvalue weighted by atomic mass is 19.1. The minimum Gasteiger partial charge on any atom is -0.265 e. The quantitative estimate of drug-likeness (QED) is 0.705. The minimum absolute atomic E-state index is 0.207. The Morgan fingerprint density at radius 2 is 1.68 bits per heavy atom. The van der Waals surface area contributed by atoms with Gasteiger partial charge >= 0.3 is 0 Å². The summed E-state index contributed by atoms with van der Waals surface area (Å²) >= 11 is 0. The SMILES string of the molecule is Fc1ccc(-n2nccc2-c2ccncc2)c(F)c1. The normalized spacial score (nSPS) is 10.6. The Kier molecular flexibility index (Phi) is 2.79. The molecule has 0 radical (unpaired) electrons. The number of benzene rings is 1. The van der Waals surface area contributed by atoms with Crippen LogP contribution in [0.2, 0.25) is 0 Å². The third kappa shape index (κ3) is 2.10. The molecule has 2 aromatic heterocycles. The zero-order valence-electron chi connectivity index (χ0n) is 9.79. The molecule has 0 spiro atoms. The van der Waals surface area contributed by atoms with E-state index in [1.54, 1.807) is 36.8 Å². The predicted octanol–water partition coefficient (Wildman–Crippen LogP) is 3.21. The fraction of sp³-hybridized carbons (Fsp3) is 0. The van der Waals surface area contributed by atoms with Gasteiger partial charge in [-0.05, 0) is 30.3 Å². The number of nitrogens with zero attached hydrogens (tertiary/aromatic N) is 3. The Labute approximate surface area is 108 Å². The fourth-order valence-corrected chi connectivity index (χ4v) is 1.89. The van der Waals surface area contributed by atoms with Crippen molar-refractivity contribution < 1.29 is 8.78 Å². The van der Waals surface area contributed by atoms with E-state index < -0.39 is 11.6 Å². The summed E-state index contributed by atoms with van der Waals surface area (Å²) in [6.07, 6.45) is 4.86. The molecule has 0 bridgehead atoms. The maximum atomic E-state index is 13.8. The Balaban J connectivity index is 2.15. The smallest absolute Gasteiger partial charge is 0.151 e. The molecule has 19 heavy (non-hydrogen) atoms. The number of hydrogen-bond donors (Lipinski definition) is 0. The van der Waals surface area contributed by atoms with Crippen LogP contribution in [0.3, 0.4) is 0 Å². The van der Waals surface area contributed by atoms with Gasteiger partial charge in [-0.15, -0.1) is 0 Å². The molecule has 0 saturated heterocycles. The van der Waals surface area contributed by atoms with Crippen LogP contribution in [-0.2, 0) is 0 Å². The first-order valence-corrected chi connectivity index (χ1v) is 5.65. The van der Waals surface area contributed by atoms with E-state index in [-0.39, 0.29) is 5.69 Å². The second kappa shape index (κ2) is 4.61.